The smallest absolute Gasteiger partial charge is 0.244 e. The standard InChI is InChI=1S/C15H22N2O2/c1-12(15(18)17-9-5-6-10-17)16-14-8-4-3-7-13(14)11-19-2/h3-4,7-8,12,16H,5-6,9-11H2,1-2H3. The average molecular weight is 262 g/mol. The van der Waals surface area contributed by atoms with Crippen LogP contribution in [0.3, 0.4) is 0 Å². The first kappa shape index (κ1) is 13.9. The normalized spacial score (nSPS) is 16.4. The summed E-state index contributed by atoms with van der Waals surface area (Å²) in [6.07, 6.45) is 2.25. The first-order valence-electron chi connectivity index (χ1n) is 6.84. The SMILES string of the molecule is COCc1ccccc1NC(C)C(=O)N1CCCC1. The van der Waals surface area contributed by atoms with Gasteiger partial charge in [-0.2, -0.15) is 0 Å². The minimum atomic E-state index is -0.198. The van der Waals surface area contributed by atoms with Crippen LogP contribution in [-0.4, -0.2) is 37.0 Å². The predicted octanol–water partition coefficient (Wildman–Crippen LogP) is 2.26. The Bertz CT molecular complexity index is 428. The van der Waals surface area contributed by atoms with Gasteiger partial charge in [0.25, 0.3) is 0 Å². The van der Waals surface area contributed by atoms with Crippen LogP contribution in [0.15, 0.2) is 24.3 Å². The molecule has 4 nitrogen and oxygen atoms in total. The summed E-state index contributed by atoms with van der Waals surface area (Å²) in [5.74, 6) is 0.185. The zero-order valence-corrected chi connectivity index (χ0v) is 11.7. The second-order valence-electron chi connectivity index (χ2n) is 4.99. The van der Waals surface area contributed by atoms with Gasteiger partial charge in [0.15, 0.2) is 0 Å². The molecule has 1 N–H and O–H groups in total. The van der Waals surface area contributed by atoms with E-state index >= 15 is 0 Å². The van der Waals surface area contributed by atoms with Crippen molar-refractivity contribution in [3.05, 3.63) is 29.8 Å². The molecule has 1 heterocycles. The highest BCUT2D eigenvalue weighted by molar-refractivity contribution is 5.84. The number of hydrogen-bond acceptors (Lipinski definition) is 3. The van der Waals surface area contributed by atoms with Gasteiger partial charge in [0.2, 0.25) is 5.91 Å². The van der Waals surface area contributed by atoms with E-state index in [1.54, 1.807) is 7.11 Å². The van der Waals surface area contributed by atoms with Crippen molar-refractivity contribution in [2.45, 2.75) is 32.4 Å². The molecule has 1 aromatic rings. The fourth-order valence-electron chi connectivity index (χ4n) is 2.45. The largest absolute Gasteiger partial charge is 0.380 e. The van der Waals surface area contributed by atoms with Crippen molar-refractivity contribution < 1.29 is 9.53 Å². The van der Waals surface area contributed by atoms with E-state index in [1.807, 2.05) is 36.1 Å². The Hall–Kier alpha value is -1.55. The third-order valence-corrected chi connectivity index (χ3v) is 3.48. The van der Waals surface area contributed by atoms with E-state index in [9.17, 15) is 4.79 Å². The maximum Gasteiger partial charge on any atom is 0.244 e. The lowest BCUT2D eigenvalue weighted by Crippen LogP contribution is -2.39. The molecule has 104 valence electrons. The molecule has 4 heteroatoms. The van der Waals surface area contributed by atoms with Gasteiger partial charge in [-0.05, 0) is 25.8 Å². The molecule has 1 aliphatic heterocycles. The third kappa shape index (κ3) is 3.47. The number of para-hydroxylation sites is 1. The van der Waals surface area contributed by atoms with E-state index in [-0.39, 0.29) is 11.9 Å². The molecule has 1 atom stereocenters. The Labute approximate surface area is 114 Å². The molecule has 0 spiro atoms. The Morgan fingerprint density at radius 1 is 1.37 bits per heavy atom. The molecular weight excluding hydrogens is 240 g/mol. The van der Waals surface area contributed by atoms with Crippen LogP contribution in [0.1, 0.15) is 25.3 Å². The molecule has 0 aliphatic carbocycles. The summed E-state index contributed by atoms with van der Waals surface area (Å²) in [4.78, 5) is 14.2. The maximum absolute atomic E-state index is 12.3. The molecule has 1 unspecified atom stereocenters. The van der Waals surface area contributed by atoms with Gasteiger partial charge in [-0.25, -0.2) is 0 Å². The molecule has 0 bridgehead atoms. The van der Waals surface area contributed by atoms with Gasteiger partial charge in [0.05, 0.1) is 6.61 Å². The van der Waals surface area contributed by atoms with Gasteiger partial charge in [0.1, 0.15) is 6.04 Å². The maximum atomic E-state index is 12.3. The van der Waals surface area contributed by atoms with Crippen molar-refractivity contribution in [1.82, 2.24) is 4.90 Å². The van der Waals surface area contributed by atoms with Crippen LogP contribution in [0.4, 0.5) is 5.69 Å². The Morgan fingerprint density at radius 2 is 2.05 bits per heavy atom. The first-order chi connectivity index (χ1) is 9.22. The Kier molecular flexibility index (Phi) is 4.80. The zero-order chi connectivity index (χ0) is 13.7. The van der Waals surface area contributed by atoms with Gasteiger partial charge >= 0.3 is 0 Å². The van der Waals surface area contributed by atoms with Crippen molar-refractivity contribution in [1.29, 1.82) is 0 Å². The topological polar surface area (TPSA) is 41.6 Å². The van der Waals surface area contributed by atoms with E-state index in [0.717, 1.165) is 37.2 Å². The molecule has 1 aromatic carbocycles. The van der Waals surface area contributed by atoms with Crippen LogP contribution < -0.4 is 5.32 Å². The lowest BCUT2D eigenvalue weighted by atomic mass is 10.1. The van der Waals surface area contributed by atoms with Gasteiger partial charge in [-0.15, -0.1) is 0 Å². The van der Waals surface area contributed by atoms with Crippen molar-refractivity contribution >= 4 is 11.6 Å². The first-order valence-corrected chi connectivity index (χ1v) is 6.84. The van der Waals surface area contributed by atoms with Crippen molar-refractivity contribution in [3.63, 3.8) is 0 Å². The number of rotatable bonds is 5. The minimum Gasteiger partial charge on any atom is -0.380 e. The highest BCUT2D eigenvalue weighted by Crippen LogP contribution is 2.18. The number of nitrogens with one attached hydrogen (secondary N) is 1. The summed E-state index contributed by atoms with van der Waals surface area (Å²) in [7, 11) is 1.68. The minimum absolute atomic E-state index is 0.185. The molecule has 19 heavy (non-hydrogen) atoms. The van der Waals surface area contributed by atoms with Gasteiger partial charge in [-0.1, -0.05) is 18.2 Å². The number of carbonyl (C=O) groups is 1. The monoisotopic (exact) mass is 262 g/mol. The lowest BCUT2D eigenvalue weighted by Gasteiger charge is -2.23. The van der Waals surface area contributed by atoms with Crippen LogP contribution in [-0.2, 0) is 16.1 Å². The fourth-order valence-corrected chi connectivity index (χ4v) is 2.45. The Balaban J connectivity index is 2.01. The molecular formula is C15H22N2O2. The summed E-state index contributed by atoms with van der Waals surface area (Å²) in [5.41, 5.74) is 2.05. The number of likely N-dealkylation sites (tertiary alicyclic amines) is 1. The fraction of sp³-hybridized carbons (Fsp3) is 0.533. The van der Waals surface area contributed by atoms with Crippen LogP contribution >= 0.6 is 0 Å². The quantitative estimate of drug-likeness (QED) is 0.885. The van der Waals surface area contributed by atoms with Crippen LogP contribution in [0.5, 0.6) is 0 Å². The molecule has 0 saturated carbocycles. The highest BCUT2D eigenvalue weighted by atomic mass is 16.5. The summed E-state index contributed by atoms with van der Waals surface area (Å²) in [6, 6.07) is 7.75. The van der Waals surface area contributed by atoms with E-state index < -0.39 is 0 Å². The van der Waals surface area contributed by atoms with Crippen molar-refractivity contribution in [2.75, 3.05) is 25.5 Å². The van der Waals surface area contributed by atoms with E-state index in [2.05, 4.69) is 5.32 Å². The highest BCUT2D eigenvalue weighted by Gasteiger charge is 2.23. The second-order valence-corrected chi connectivity index (χ2v) is 4.99. The van der Waals surface area contributed by atoms with E-state index in [4.69, 9.17) is 4.74 Å². The van der Waals surface area contributed by atoms with Crippen LogP contribution in [0.2, 0.25) is 0 Å². The summed E-state index contributed by atoms with van der Waals surface area (Å²) in [5, 5.41) is 3.30. The number of hydrogen-bond donors (Lipinski definition) is 1. The molecule has 1 aliphatic rings. The Morgan fingerprint density at radius 3 is 2.74 bits per heavy atom. The number of amides is 1. The molecule has 1 amide bonds. The average Bonchev–Trinajstić information content (AvgIpc) is 2.94. The number of carbonyl (C=O) groups excluding carboxylic acids is 1. The number of anilines is 1. The number of ether oxygens (including phenoxy) is 1. The second kappa shape index (κ2) is 6.57. The van der Waals surface area contributed by atoms with Crippen LogP contribution in [0.25, 0.3) is 0 Å². The van der Waals surface area contributed by atoms with Gasteiger partial charge < -0.3 is 15.0 Å². The number of benzene rings is 1. The van der Waals surface area contributed by atoms with Crippen LogP contribution in [0, 0.1) is 0 Å². The molecule has 1 fully saturated rings. The molecule has 0 radical (unpaired) electrons. The van der Waals surface area contributed by atoms with E-state index in [0.29, 0.717) is 6.61 Å². The van der Waals surface area contributed by atoms with E-state index in [1.165, 1.54) is 0 Å². The summed E-state index contributed by atoms with van der Waals surface area (Å²) < 4.78 is 5.18. The van der Waals surface area contributed by atoms with Crippen molar-refractivity contribution in [3.8, 4) is 0 Å². The zero-order valence-electron chi connectivity index (χ0n) is 11.7. The summed E-state index contributed by atoms with van der Waals surface area (Å²) in [6.45, 7) is 4.26. The molecule has 1 saturated heterocycles. The third-order valence-electron chi connectivity index (χ3n) is 3.48. The number of nitrogens with zero attached hydrogens (tertiary/aromatic N) is 1. The lowest BCUT2D eigenvalue weighted by molar-refractivity contribution is -0.130. The summed E-state index contributed by atoms with van der Waals surface area (Å²) >= 11 is 0. The molecule has 0 aromatic heterocycles. The van der Waals surface area contributed by atoms with Gasteiger partial charge in [0, 0.05) is 31.5 Å². The van der Waals surface area contributed by atoms with Crippen molar-refractivity contribution in [2.24, 2.45) is 0 Å². The predicted molar refractivity (Wildman–Crippen MR) is 76.1 cm³/mol. The molecule has 2 rings (SSSR count). The number of methoxy groups -OCH3 is 1. The van der Waals surface area contributed by atoms with Gasteiger partial charge in [-0.3, -0.25) is 4.79 Å².